The highest BCUT2D eigenvalue weighted by atomic mass is 79.9. The standard InChI is InChI=1S/C14H18BrNO3/c1-18-11-5-6-13(12(15)9-11)19-10-14(17)16-7-3-2-4-8-16/h5-6,9H,2-4,7-8,10H2,1H3. The predicted octanol–water partition coefficient (Wildman–Crippen LogP) is 2.85. The van der Waals surface area contributed by atoms with Gasteiger partial charge in [0.25, 0.3) is 5.91 Å². The molecule has 1 heterocycles. The van der Waals surface area contributed by atoms with E-state index in [9.17, 15) is 4.79 Å². The summed E-state index contributed by atoms with van der Waals surface area (Å²) in [5, 5.41) is 0. The van der Waals surface area contributed by atoms with E-state index in [1.807, 2.05) is 17.0 Å². The Morgan fingerprint density at radius 2 is 2.05 bits per heavy atom. The van der Waals surface area contributed by atoms with Crippen molar-refractivity contribution in [2.45, 2.75) is 19.3 Å². The van der Waals surface area contributed by atoms with Crippen molar-refractivity contribution in [1.29, 1.82) is 0 Å². The van der Waals surface area contributed by atoms with Gasteiger partial charge in [-0.15, -0.1) is 0 Å². The lowest BCUT2D eigenvalue weighted by molar-refractivity contribution is -0.134. The normalized spacial score (nSPS) is 15.2. The van der Waals surface area contributed by atoms with Gasteiger partial charge in [-0.05, 0) is 53.4 Å². The Bertz CT molecular complexity index is 444. The van der Waals surface area contributed by atoms with E-state index in [1.165, 1.54) is 6.42 Å². The zero-order valence-electron chi connectivity index (χ0n) is 11.0. The Morgan fingerprint density at radius 3 is 2.68 bits per heavy atom. The largest absolute Gasteiger partial charge is 0.497 e. The maximum absolute atomic E-state index is 12.0. The molecule has 1 saturated heterocycles. The Labute approximate surface area is 121 Å². The minimum absolute atomic E-state index is 0.0578. The lowest BCUT2D eigenvalue weighted by Crippen LogP contribution is -2.38. The minimum atomic E-state index is 0.0578. The van der Waals surface area contributed by atoms with Crippen LogP contribution in [0.4, 0.5) is 0 Å². The first-order valence-electron chi connectivity index (χ1n) is 6.45. The van der Waals surface area contributed by atoms with Gasteiger partial charge in [0.1, 0.15) is 11.5 Å². The third-order valence-corrected chi connectivity index (χ3v) is 3.82. The number of hydrogen-bond acceptors (Lipinski definition) is 3. The summed E-state index contributed by atoms with van der Waals surface area (Å²) in [5.41, 5.74) is 0. The van der Waals surface area contributed by atoms with Crippen molar-refractivity contribution in [3.63, 3.8) is 0 Å². The van der Waals surface area contributed by atoms with Crippen LogP contribution in [0.25, 0.3) is 0 Å². The highest BCUT2D eigenvalue weighted by Gasteiger charge is 2.17. The molecule has 0 bridgehead atoms. The van der Waals surface area contributed by atoms with Crippen LogP contribution in [0.5, 0.6) is 11.5 Å². The lowest BCUT2D eigenvalue weighted by Gasteiger charge is -2.26. The number of piperidine rings is 1. The summed E-state index contributed by atoms with van der Waals surface area (Å²) in [5.74, 6) is 1.47. The molecule has 1 aromatic carbocycles. The van der Waals surface area contributed by atoms with Gasteiger partial charge in [-0.2, -0.15) is 0 Å². The molecule has 104 valence electrons. The molecule has 0 N–H and O–H groups in total. The summed E-state index contributed by atoms with van der Waals surface area (Å²) < 4.78 is 11.5. The number of carbonyl (C=O) groups is 1. The van der Waals surface area contributed by atoms with Gasteiger partial charge in [0, 0.05) is 13.1 Å². The van der Waals surface area contributed by atoms with Crippen molar-refractivity contribution < 1.29 is 14.3 Å². The van der Waals surface area contributed by atoms with Gasteiger partial charge in [0.2, 0.25) is 0 Å². The van der Waals surface area contributed by atoms with Crippen LogP contribution in [0.2, 0.25) is 0 Å². The van der Waals surface area contributed by atoms with Crippen molar-refractivity contribution in [2.24, 2.45) is 0 Å². The summed E-state index contributed by atoms with van der Waals surface area (Å²) in [6, 6.07) is 5.43. The van der Waals surface area contributed by atoms with Crippen molar-refractivity contribution in [2.75, 3.05) is 26.8 Å². The van der Waals surface area contributed by atoms with Crippen LogP contribution in [0, 0.1) is 0 Å². The molecule has 0 saturated carbocycles. The summed E-state index contributed by atoms with van der Waals surface area (Å²) in [4.78, 5) is 13.8. The topological polar surface area (TPSA) is 38.8 Å². The molecule has 0 unspecified atom stereocenters. The Morgan fingerprint density at radius 1 is 1.32 bits per heavy atom. The number of ether oxygens (including phenoxy) is 2. The number of hydrogen-bond donors (Lipinski definition) is 0. The van der Waals surface area contributed by atoms with Crippen LogP contribution < -0.4 is 9.47 Å². The highest BCUT2D eigenvalue weighted by Crippen LogP contribution is 2.29. The molecule has 19 heavy (non-hydrogen) atoms. The van der Waals surface area contributed by atoms with E-state index in [4.69, 9.17) is 9.47 Å². The lowest BCUT2D eigenvalue weighted by atomic mass is 10.1. The number of benzene rings is 1. The van der Waals surface area contributed by atoms with Gasteiger partial charge in [-0.1, -0.05) is 0 Å². The van der Waals surface area contributed by atoms with Gasteiger partial charge in [0.15, 0.2) is 6.61 Å². The van der Waals surface area contributed by atoms with Crippen LogP contribution >= 0.6 is 15.9 Å². The average molecular weight is 328 g/mol. The van der Waals surface area contributed by atoms with Crippen molar-refractivity contribution >= 4 is 21.8 Å². The van der Waals surface area contributed by atoms with Crippen LogP contribution in [-0.4, -0.2) is 37.6 Å². The second-order valence-corrected chi connectivity index (χ2v) is 5.38. The second-order valence-electron chi connectivity index (χ2n) is 4.53. The van der Waals surface area contributed by atoms with Crippen LogP contribution in [0.1, 0.15) is 19.3 Å². The van der Waals surface area contributed by atoms with E-state index < -0.39 is 0 Å². The molecule has 0 aliphatic carbocycles. The third-order valence-electron chi connectivity index (χ3n) is 3.20. The first-order valence-corrected chi connectivity index (χ1v) is 7.24. The molecule has 1 aromatic rings. The number of amides is 1. The number of nitrogens with zero attached hydrogens (tertiary/aromatic N) is 1. The van der Waals surface area contributed by atoms with Gasteiger partial charge in [-0.25, -0.2) is 0 Å². The van der Waals surface area contributed by atoms with Gasteiger partial charge in [-0.3, -0.25) is 4.79 Å². The summed E-state index contributed by atoms with van der Waals surface area (Å²) in [6.07, 6.45) is 3.41. The minimum Gasteiger partial charge on any atom is -0.497 e. The molecule has 1 amide bonds. The van der Waals surface area contributed by atoms with Gasteiger partial charge < -0.3 is 14.4 Å². The maximum atomic E-state index is 12.0. The fraction of sp³-hybridized carbons (Fsp3) is 0.500. The Hall–Kier alpha value is -1.23. The Balaban J connectivity index is 1.89. The summed E-state index contributed by atoms with van der Waals surface area (Å²) in [7, 11) is 1.61. The average Bonchev–Trinajstić information content (AvgIpc) is 2.46. The predicted molar refractivity (Wildman–Crippen MR) is 76.6 cm³/mol. The molecule has 0 spiro atoms. The highest BCUT2D eigenvalue weighted by molar-refractivity contribution is 9.10. The molecule has 2 rings (SSSR count). The maximum Gasteiger partial charge on any atom is 0.260 e. The van der Waals surface area contributed by atoms with E-state index in [1.54, 1.807) is 13.2 Å². The smallest absolute Gasteiger partial charge is 0.260 e. The van der Waals surface area contributed by atoms with E-state index in [-0.39, 0.29) is 12.5 Å². The van der Waals surface area contributed by atoms with Crippen molar-refractivity contribution in [3.8, 4) is 11.5 Å². The first kappa shape index (κ1) is 14.2. The van der Waals surface area contributed by atoms with Crippen molar-refractivity contribution in [3.05, 3.63) is 22.7 Å². The first-order chi connectivity index (χ1) is 9.20. The SMILES string of the molecule is COc1ccc(OCC(=O)N2CCCCC2)c(Br)c1. The molecule has 0 atom stereocenters. The van der Waals surface area contributed by atoms with E-state index in [0.717, 1.165) is 36.2 Å². The quantitative estimate of drug-likeness (QED) is 0.853. The molecule has 4 nitrogen and oxygen atoms in total. The number of likely N-dealkylation sites (tertiary alicyclic amines) is 1. The number of halogens is 1. The zero-order valence-corrected chi connectivity index (χ0v) is 12.6. The molecular weight excluding hydrogens is 310 g/mol. The number of methoxy groups -OCH3 is 1. The third kappa shape index (κ3) is 3.86. The van der Waals surface area contributed by atoms with Gasteiger partial charge in [0.05, 0.1) is 11.6 Å². The second kappa shape index (κ2) is 6.80. The van der Waals surface area contributed by atoms with Crippen LogP contribution in [-0.2, 0) is 4.79 Å². The number of rotatable bonds is 4. The summed E-state index contributed by atoms with van der Waals surface area (Å²) in [6.45, 7) is 1.79. The molecule has 1 aliphatic rings. The Kier molecular flexibility index (Phi) is 5.07. The molecule has 1 aliphatic heterocycles. The fourth-order valence-corrected chi connectivity index (χ4v) is 2.57. The summed E-state index contributed by atoms with van der Waals surface area (Å²) >= 11 is 3.40. The number of carbonyl (C=O) groups excluding carboxylic acids is 1. The molecule has 0 aromatic heterocycles. The van der Waals surface area contributed by atoms with Gasteiger partial charge >= 0.3 is 0 Å². The van der Waals surface area contributed by atoms with E-state index >= 15 is 0 Å². The molecule has 0 radical (unpaired) electrons. The van der Waals surface area contributed by atoms with Crippen molar-refractivity contribution in [1.82, 2.24) is 4.90 Å². The fourth-order valence-electron chi connectivity index (χ4n) is 2.10. The zero-order chi connectivity index (χ0) is 13.7. The van der Waals surface area contributed by atoms with E-state index in [2.05, 4.69) is 15.9 Å². The van der Waals surface area contributed by atoms with Crippen LogP contribution in [0.3, 0.4) is 0 Å². The molecule has 5 heteroatoms. The molecule has 1 fully saturated rings. The van der Waals surface area contributed by atoms with E-state index in [0.29, 0.717) is 5.75 Å². The molecular formula is C14H18BrNO3. The monoisotopic (exact) mass is 327 g/mol. The van der Waals surface area contributed by atoms with Crippen LogP contribution in [0.15, 0.2) is 22.7 Å².